The van der Waals surface area contributed by atoms with E-state index in [-0.39, 0.29) is 24.0 Å². The summed E-state index contributed by atoms with van der Waals surface area (Å²) >= 11 is 0. The van der Waals surface area contributed by atoms with Crippen molar-refractivity contribution in [3.63, 3.8) is 0 Å². The molecular weight excluding hydrogens is 567 g/mol. The molecule has 2 fully saturated rings. The van der Waals surface area contributed by atoms with E-state index in [0.29, 0.717) is 48.9 Å². The number of rotatable bonds is 11. The Bertz CT molecular complexity index is 1500. The number of carbonyl (C=O) groups excluding carboxylic acids is 3. The molecule has 11 heteroatoms. The summed E-state index contributed by atoms with van der Waals surface area (Å²) in [7, 11) is 0. The molecule has 1 aliphatic carbocycles. The number of amides is 3. The average Bonchev–Trinajstić information content (AvgIpc) is 3.88. The molecule has 230 valence electrons. The number of nitrogens with zero attached hydrogens (tertiary/aromatic N) is 2. The highest BCUT2D eigenvalue weighted by Crippen LogP contribution is 2.33. The summed E-state index contributed by atoms with van der Waals surface area (Å²) < 4.78 is 19.1. The standard InChI is InChI=1S/C33H35FN4O6/c34-25-12-9-22(10-13-25)27(20-31(40)41)36-32(42)24-11-14-29(37-15-4-16-38(18-17-37)33(43)23-7-8-23)28(19-24)35-30(39)21-44-26-5-2-1-3-6-26/h1-3,5-6,9-14,19,23,27H,4,7-8,15-18,20-21H2,(H,35,39)(H,36,42)(H,40,41). The molecule has 44 heavy (non-hydrogen) atoms. The van der Waals surface area contributed by atoms with Crippen LogP contribution in [0.15, 0.2) is 72.8 Å². The molecule has 1 saturated heterocycles. The number of nitrogens with one attached hydrogen (secondary N) is 2. The summed E-state index contributed by atoms with van der Waals surface area (Å²) in [5, 5.41) is 15.0. The lowest BCUT2D eigenvalue weighted by atomic mass is 10.0. The summed E-state index contributed by atoms with van der Waals surface area (Å²) in [6.07, 6.45) is 2.23. The Morgan fingerprint density at radius 2 is 1.68 bits per heavy atom. The Hall–Kier alpha value is -4.93. The predicted molar refractivity (Wildman–Crippen MR) is 162 cm³/mol. The molecule has 3 aromatic carbocycles. The minimum atomic E-state index is -1.13. The molecule has 1 atom stereocenters. The van der Waals surface area contributed by atoms with Crippen LogP contribution < -0.4 is 20.3 Å². The molecule has 3 aromatic rings. The van der Waals surface area contributed by atoms with E-state index in [2.05, 4.69) is 15.5 Å². The summed E-state index contributed by atoms with van der Waals surface area (Å²) in [5.74, 6) is -1.72. The second-order valence-electron chi connectivity index (χ2n) is 11.0. The molecule has 0 bridgehead atoms. The molecule has 3 N–H and O–H groups in total. The molecule has 1 aliphatic heterocycles. The number of ether oxygens (including phenoxy) is 1. The van der Waals surface area contributed by atoms with Crippen LogP contribution >= 0.6 is 0 Å². The van der Waals surface area contributed by atoms with Gasteiger partial charge in [0, 0.05) is 37.7 Å². The van der Waals surface area contributed by atoms with Gasteiger partial charge in [-0.3, -0.25) is 19.2 Å². The number of carboxylic acid groups (broad SMARTS) is 1. The fourth-order valence-corrected chi connectivity index (χ4v) is 5.24. The molecule has 10 nitrogen and oxygen atoms in total. The van der Waals surface area contributed by atoms with Crippen molar-refractivity contribution < 1.29 is 33.4 Å². The Morgan fingerprint density at radius 3 is 2.39 bits per heavy atom. The van der Waals surface area contributed by atoms with Crippen LogP contribution in [-0.4, -0.2) is 66.5 Å². The van der Waals surface area contributed by atoms with Gasteiger partial charge in [0.25, 0.3) is 11.8 Å². The number of carbonyl (C=O) groups is 4. The molecule has 1 heterocycles. The van der Waals surface area contributed by atoms with Crippen molar-refractivity contribution in [2.24, 2.45) is 5.92 Å². The van der Waals surface area contributed by atoms with E-state index in [1.165, 1.54) is 24.3 Å². The normalized spacial score (nSPS) is 15.6. The zero-order chi connectivity index (χ0) is 31.1. The molecule has 2 aliphatic rings. The highest BCUT2D eigenvalue weighted by molar-refractivity contribution is 6.00. The van der Waals surface area contributed by atoms with Crippen LogP contribution in [-0.2, 0) is 14.4 Å². The largest absolute Gasteiger partial charge is 0.484 e. The number of carboxylic acids is 1. The van der Waals surface area contributed by atoms with Gasteiger partial charge in [-0.25, -0.2) is 4.39 Å². The lowest BCUT2D eigenvalue weighted by Gasteiger charge is -2.27. The average molecular weight is 603 g/mol. The van der Waals surface area contributed by atoms with Gasteiger partial charge in [-0.05, 0) is 67.3 Å². The second-order valence-corrected chi connectivity index (χ2v) is 11.0. The summed E-state index contributed by atoms with van der Waals surface area (Å²) in [5.41, 5.74) is 1.72. The van der Waals surface area contributed by atoms with Gasteiger partial charge in [0.05, 0.1) is 23.8 Å². The first-order chi connectivity index (χ1) is 21.3. The molecule has 1 unspecified atom stereocenters. The Balaban J connectivity index is 1.36. The van der Waals surface area contributed by atoms with Crippen molar-refractivity contribution in [2.75, 3.05) is 43.0 Å². The maximum Gasteiger partial charge on any atom is 0.305 e. The number of anilines is 2. The molecule has 1 saturated carbocycles. The number of hydrogen-bond acceptors (Lipinski definition) is 6. The van der Waals surface area contributed by atoms with Crippen LogP contribution in [0.5, 0.6) is 5.75 Å². The number of benzene rings is 3. The van der Waals surface area contributed by atoms with Crippen LogP contribution in [0.1, 0.15) is 47.6 Å². The van der Waals surface area contributed by atoms with Crippen LogP contribution in [0.4, 0.5) is 15.8 Å². The summed E-state index contributed by atoms with van der Waals surface area (Å²) in [6, 6.07) is 18.2. The minimum absolute atomic E-state index is 0.138. The molecule has 0 radical (unpaired) electrons. The lowest BCUT2D eigenvalue weighted by Crippen LogP contribution is -2.36. The maximum atomic E-state index is 13.5. The van der Waals surface area contributed by atoms with Gasteiger partial charge in [0.15, 0.2) is 6.61 Å². The van der Waals surface area contributed by atoms with Gasteiger partial charge in [0.2, 0.25) is 5.91 Å². The van der Waals surface area contributed by atoms with Crippen LogP contribution in [0, 0.1) is 11.7 Å². The molecule has 5 rings (SSSR count). The quantitative estimate of drug-likeness (QED) is 0.300. The van der Waals surface area contributed by atoms with E-state index in [1.807, 2.05) is 11.0 Å². The summed E-state index contributed by atoms with van der Waals surface area (Å²) in [4.78, 5) is 54.6. The van der Waals surface area contributed by atoms with E-state index in [0.717, 1.165) is 19.3 Å². The number of hydrogen-bond donors (Lipinski definition) is 3. The first-order valence-electron chi connectivity index (χ1n) is 14.7. The van der Waals surface area contributed by atoms with E-state index < -0.39 is 36.1 Å². The van der Waals surface area contributed by atoms with Gasteiger partial charge < -0.3 is 30.3 Å². The lowest BCUT2D eigenvalue weighted by molar-refractivity contribution is -0.137. The van der Waals surface area contributed by atoms with Gasteiger partial charge >= 0.3 is 5.97 Å². The van der Waals surface area contributed by atoms with E-state index in [4.69, 9.17) is 4.74 Å². The van der Waals surface area contributed by atoms with Gasteiger partial charge in [-0.1, -0.05) is 30.3 Å². The highest BCUT2D eigenvalue weighted by Gasteiger charge is 2.34. The third-order valence-electron chi connectivity index (χ3n) is 7.68. The van der Waals surface area contributed by atoms with E-state index in [9.17, 15) is 28.7 Å². The number of aliphatic carboxylic acids is 1. The SMILES string of the molecule is O=C(O)CC(NC(=O)c1ccc(N2CCCN(C(=O)C3CC3)CC2)c(NC(=O)COc2ccccc2)c1)c1ccc(F)cc1. The minimum Gasteiger partial charge on any atom is -0.484 e. The van der Waals surface area contributed by atoms with E-state index >= 15 is 0 Å². The molecular formula is C33H35FN4O6. The first-order valence-corrected chi connectivity index (χ1v) is 14.7. The zero-order valence-corrected chi connectivity index (χ0v) is 24.2. The van der Waals surface area contributed by atoms with Crippen molar-refractivity contribution in [2.45, 2.75) is 31.7 Å². The zero-order valence-electron chi connectivity index (χ0n) is 24.2. The third-order valence-corrected chi connectivity index (χ3v) is 7.68. The Kier molecular flexibility index (Phi) is 9.73. The van der Waals surface area contributed by atoms with Crippen LogP contribution in [0.3, 0.4) is 0 Å². The Morgan fingerprint density at radius 1 is 0.932 bits per heavy atom. The van der Waals surface area contributed by atoms with Gasteiger partial charge in [0.1, 0.15) is 11.6 Å². The van der Waals surface area contributed by atoms with Crippen LogP contribution in [0.25, 0.3) is 0 Å². The van der Waals surface area contributed by atoms with Crippen molar-refractivity contribution in [3.8, 4) is 5.75 Å². The van der Waals surface area contributed by atoms with Crippen molar-refractivity contribution in [1.29, 1.82) is 0 Å². The van der Waals surface area contributed by atoms with Crippen LogP contribution in [0.2, 0.25) is 0 Å². The number of para-hydroxylation sites is 1. The van der Waals surface area contributed by atoms with Crippen molar-refractivity contribution >= 4 is 35.1 Å². The summed E-state index contributed by atoms with van der Waals surface area (Å²) in [6.45, 7) is 2.16. The fourth-order valence-electron chi connectivity index (χ4n) is 5.24. The van der Waals surface area contributed by atoms with Crippen molar-refractivity contribution in [3.05, 3.63) is 89.7 Å². The van der Waals surface area contributed by atoms with E-state index in [1.54, 1.807) is 42.5 Å². The molecule has 3 amide bonds. The molecule has 0 aromatic heterocycles. The first kappa shape index (κ1) is 30.5. The van der Waals surface area contributed by atoms with Gasteiger partial charge in [-0.2, -0.15) is 0 Å². The van der Waals surface area contributed by atoms with Gasteiger partial charge in [-0.15, -0.1) is 0 Å². The predicted octanol–water partition coefficient (Wildman–Crippen LogP) is 4.24. The highest BCUT2D eigenvalue weighted by atomic mass is 19.1. The van der Waals surface area contributed by atoms with Crippen molar-refractivity contribution in [1.82, 2.24) is 10.2 Å². The Labute approximate surface area is 254 Å². The third kappa shape index (κ3) is 8.12. The second kappa shape index (κ2) is 14.0. The molecule has 0 spiro atoms. The maximum absolute atomic E-state index is 13.5. The monoisotopic (exact) mass is 602 g/mol. The smallest absolute Gasteiger partial charge is 0.305 e. The fraction of sp³-hybridized carbons (Fsp3) is 0.333. The number of halogens is 1. The topological polar surface area (TPSA) is 128 Å².